The fraction of sp³-hybridized carbons (Fsp3) is 0.250. The Hall–Kier alpha value is -2.36. The van der Waals surface area contributed by atoms with Gasteiger partial charge in [0.05, 0.1) is 12.2 Å². The Morgan fingerprint density at radius 3 is 2.95 bits per heavy atom. The van der Waals surface area contributed by atoms with E-state index in [9.17, 15) is 4.79 Å². The van der Waals surface area contributed by atoms with Crippen LogP contribution in [-0.4, -0.2) is 23.5 Å². The zero-order valence-electron chi connectivity index (χ0n) is 11.5. The Balaban J connectivity index is 2.01. The third-order valence-corrected chi connectivity index (χ3v) is 3.30. The number of carbonyl (C=O) groups is 1. The Labute approximate surface area is 118 Å². The van der Waals surface area contributed by atoms with Crippen molar-refractivity contribution < 1.29 is 9.53 Å². The molecule has 0 saturated carbocycles. The summed E-state index contributed by atoms with van der Waals surface area (Å²) in [6, 6.07) is 11.2. The van der Waals surface area contributed by atoms with E-state index in [1.807, 2.05) is 38.1 Å². The molecule has 0 aliphatic carbocycles. The number of aromatic nitrogens is 1. The van der Waals surface area contributed by atoms with Crippen LogP contribution in [0.4, 0.5) is 5.69 Å². The van der Waals surface area contributed by atoms with E-state index in [-0.39, 0.29) is 12.0 Å². The fourth-order valence-electron chi connectivity index (χ4n) is 2.37. The molecule has 1 atom stereocenters. The van der Waals surface area contributed by atoms with Gasteiger partial charge in [-0.1, -0.05) is 12.1 Å². The van der Waals surface area contributed by atoms with Gasteiger partial charge in [-0.25, -0.2) is 0 Å². The monoisotopic (exact) mass is 268 g/mol. The fourth-order valence-corrected chi connectivity index (χ4v) is 2.37. The van der Waals surface area contributed by atoms with Crippen LogP contribution in [0.2, 0.25) is 0 Å². The summed E-state index contributed by atoms with van der Waals surface area (Å²) in [6.07, 6.45) is 1.60. The number of fused-ring (bicyclic) bond motifs is 1. The van der Waals surface area contributed by atoms with E-state index in [1.54, 1.807) is 23.2 Å². The molecule has 0 spiro atoms. The summed E-state index contributed by atoms with van der Waals surface area (Å²) >= 11 is 0. The maximum atomic E-state index is 12.6. The van der Waals surface area contributed by atoms with Crippen molar-refractivity contribution in [3.05, 3.63) is 53.9 Å². The van der Waals surface area contributed by atoms with Gasteiger partial charge in [0.2, 0.25) is 0 Å². The molecule has 0 fully saturated rings. The molecule has 1 aromatic carbocycles. The molecule has 1 aliphatic heterocycles. The van der Waals surface area contributed by atoms with Crippen LogP contribution in [0.15, 0.2) is 42.6 Å². The molecule has 0 saturated heterocycles. The standard InChI is InChI=1S/C16H16N2O2/c1-11-6-7-14-15(9-11)20-12(2)10-18(14)16(19)13-5-3-4-8-17-13/h3-9,12H,10H2,1-2H3/t12-/m0/s1. The number of aryl methyl sites for hydroxylation is 1. The molecular formula is C16H16N2O2. The van der Waals surface area contributed by atoms with E-state index >= 15 is 0 Å². The van der Waals surface area contributed by atoms with Gasteiger partial charge in [0.15, 0.2) is 0 Å². The summed E-state index contributed by atoms with van der Waals surface area (Å²) in [6.45, 7) is 4.50. The van der Waals surface area contributed by atoms with Crippen LogP contribution < -0.4 is 9.64 Å². The first-order chi connectivity index (χ1) is 9.65. The molecule has 4 nitrogen and oxygen atoms in total. The van der Waals surface area contributed by atoms with E-state index in [0.29, 0.717) is 12.2 Å². The average Bonchev–Trinajstić information content (AvgIpc) is 2.46. The molecule has 1 amide bonds. The van der Waals surface area contributed by atoms with E-state index in [4.69, 9.17) is 4.74 Å². The molecule has 3 rings (SSSR count). The van der Waals surface area contributed by atoms with Crippen LogP contribution in [0.5, 0.6) is 5.75 Å². The smallest absolute Gasteiger partial charge is 0.277 e. The van der Waals surface area contributed by atoms with Crippen molar-refractivity contribution in [3.8, 4) is 5.75 Å². The van der Waals surface area contributed by atoms with E-state index < -0.39 is 0 Å². The summed E-state index contributed by atoms with van der Waals surface area (Å²) in [5.41, 5.74) is 2.38. The first-order valence-electron chi connectivity index (χ1n) is 6.65. The Kier molecular flexibility index (Phi) is 3.14. The summed E-state index contributed by atoms with van der Waals surface area (Å²) in [5, 5.41) is 0. The normalized spacial score (nSPS) is 17.3. The van der Waals surface area contributed by atoms with Crippen LogP contribution in [-0.2, 0) is 0 Å². The minimum absolute atomic E-state index is 0.0306. The summed E-state index contributed by atoms with van der Waals surface area (Å²) in [5.74, 6) is 0.666. The second kappa shape index (κ2) is 4.96. The van der Waals surface area contributed by atoms with Crippen LogP contribution >= 0.6 is 0 Å². The minimum Gasteiger partial charge on any atom is -0.487 e. The Bertz CT molecular complexity index is 640. The summed E-state index contributed by atoms with van der Waals surface area (Å²) < 4.78 is 5.81. The molecule has 0 N–H and O–H groups in total. The number of hydrogen-bond acceptors (Lipinski definition) is 3. The maximum Gasteiger partial charge on any atom is 0.277 e. The molecule has 2 aromatic rings. The Morgan fingerprint density at radius 2 is 2.20 bits per heavy atom. The second-order valence-electron chi connectivity index (χ2n) is 5.03. The van der Waals surface area contributed by atoms with Crippen molar-refractivity contribution in [2.24, 2.45) is 0 Å². The minimum atomic E-state index is -0.0918. The maximum absolute atomic E-state index is 12.6. The summed E-state index contributed by atoms with van der Waals surface area (Å²) in [4.78, 5) is 18.5. The molecule has 20 heavy (non-hydrogen) atoms. The molecular weight excluding hydrogens is 252 g/mol. The third-order valence-electron chi connectivity index (χ3n) is 3.30. The lowest BCUT2D eigenvalue weighted by Gasteiger charge is -2.33. The van der Waals surface area contributed by atoms with Gasteiger partial charge in [0.25, 0.3) is 5.91 Å². The highest BCUT2D eigenvalue weighted by Crippen LogP contribution is 2.34. The van der Waals surface area contributed by atoms with Crippen LogP contribution in [0, 0.1) is 6.92 Å². The zero-order chi connectivity index (χ0) is 14.1. The molecule has 1 aromatic heterocycles. The Morgan fingerprint density at radius 1 is 1.35 bits per heavy atom. The number of carbonyl (C=O) groups excluding carboxylic acids is 1. The van der Waals surface area contributed by atoms with E-state index in [2.05, 4.69) is 4.98 Å². The van der Waals surface area contributed by atoms with E-state index in [1.165, 1.54) is 0 Å². The zero-order valence-corrected chi connectivity index (χ0v) is 11.5. The third kappa shape index (κ3) is 2.25. The molecule has 0 unspecified atom stereocenters. The predicted octanol–water partition coefficient (Wildman–Crippen LogP) is 2.82. The molecule has 4 heteroatoms. The highest BCUT2D eigenvalue weighted by molar-refractivity contribution is 6.05. The van der Waals surface area contributed by atoms with Crippen molar-refractivity contribution in [1.29, 1.82) is 0 Å². The molecule has 2 heterocycles. The lowest BCUT2D eigenvalue weighted by Crippen LogP contribution is -2.42. The predicted molar refractivity (Wildman–Crippen MR) is 77.2 cm³/mol. The first-order valence-corrected chi connectivity index (χ1v) is 6.65. The highest BCUT2D eigenvalue weighted by atomic mass is 16.5. The number of ether oxygens (including phenoxy) is 1. The molecule has 0 radical (unpaired) electrons. The average molecular weight is 268 g/mol. The van der Waals surface area contributed by atoms with Crippen LogP contribution in [0.25, 0.3) is 0 Å². The van der Waals surface area contributed by atoms with Gasteiger partial charge in [0, 0.05) is 6.20 Å². The van der Waals surface area contributed by atoms with Gasteiger partial charge in [-0.15, -0.1) is 0 Å². The number of rotatable bonds is 1. The lowest BCUT2D eigenvalue weighted by molar-refractivity contribution is 0.0956. The van der Waals surface area contributed by atoms with Gasteiger partial charge in [0.1, 0.15) is 17.5 Å². The van der Waals surface area contributed by atoms with Gasteiger partial charge >= 0.3 is 0 Å². The highest BCUT2D eigenvalue weighted by Gasteiger charge is 2.28. The second-order valence-corrected chi connectivity index (χ2v) is 5.03. The van der Waals surface area contributed by atoms with Gasteiger partial charge in [-0.3, -0.25) is 14.7 Å². The van der Waals surface area contributed by atoms with Crippen LogP contribution in [0.1, 0.15) is 23.0 Å². The molecule has 0 bridgehead atoms. The number of amides is 1. The number of nitrogens with zero attached hydrogens (tertiary/aromatic N) is 2. The van der Waals surface area contributed by atoms with E-state index in [0.717, 1.165) is 17.0 Å². The van der Waals surface area contributed by atoms with Crippen molar-refractivity contribution in [3.63, 3.8) is 0 Å². The van der Waals surface area contributed by atoms with Crippen molar-refractivity contribution >= 4 is 11.6 Å². The number of pyridine rings is 1. The number of benzene rings is 1. The largest absolute Gasteiger partial charge is 0.487 e. The topological polar surface area (TPSA) is 42.4 Å². The van der Waals surface area contributed by atoms with Gasteiger partial charge in [-0.05, 0) is 43.7 Å². The van der Waals surface area contributed by atoms with Crippen molar-refractivity contribution in [2.45, 2.75) is 20.0 Å². The quantitative estimate of drug-likeness (QED) is 0.798. The number of anilines is 1. The van der Waals surface area contributed by atoms with Crippen molar-refractivity contribution in [1.82, 2.24) is 4.98 Å². The van der Waals surface area contributed by atoms with Crippen LogP contribution in [0.3, 0.4) is 0 Å². The summed E-state index contributed by atoms with van der Waals surface area (Å²) in [7, 11) is 0. The lowest BCUT2D eigenvalue weighted by atomic mass is 10.1. The SMILES string of the molecule is Cc1ccc2c(c1)O[C@@H](C)CN2C(=O)c1ccccn1. The van der Waals surface area contributed by atoms with Crippen molar-refractivity contribution in [2.75, 3.05) is 11.4 Å². The first kappa shape index (κ1) is 12.7. The molecule has 1 aliphatic rings. The van der Waals surface area contributed by atoms with Gasteiger partial charge in [-0.2, -0.15) is 0 Å². The number of hydrogen-bond donors (Lipinski definition) is 0. The van der Waals surface area contributed by atoms with Gasteiger partial charge < -0.3 is 4.74 Å². The molecule has 102 valence electrons.